The Hall–Kier alpha value is -6.05. The van der Waals surface area contributed by atoms with Gasteiger partial charge in [-0.05, 0) is 41.9 Å². The zero-order valence-corrected chi connectivity index (χ0v) is 29.6. The molecule has 0 saturated heterocycles. The van der Waals surface area contributed by atoms with Crippen LogP contribution in [-0.4, -0.2) is 76.5 Å². The van der Waals surface area contributed by atoms with Gasteiger partial charge in [-0.1, -0.05) is 105 Å². The molecular formula is C39H45N3O11. The Morgan fingerprint density at radius 2 is 1.15 bits per heavy atom. The van der Waals surface area contributed by atoms with Gasteiger partial charge in [0.1, 0.15) is 24.7 Å². The maximum atomic E-state index is 13.5. The first-order chi connectivity index (χ1) is 25.3. The molecule has 0 spiro atoms. The van der Waals surface area contributed by atoms with Crippen molar-refractivity contribution in [1.82, 2.24) is 16.0 Å². The number of aliphatic carboxylic acids is 2. The predicted molar refractivity (Wildman–Crippen MR) is 191 cm³/mol. The van der Waals surface area contributed by atoms with E-state index in [1.165, 1.54) is 0 Å². The molecule has 0 heterocycles. The molecule has 5 N–H and O–H groups in total. The minimum Gasteiger partial charge on any atom is -0.481 e. The molecule has 0 aliphatic rings. The van der Waals surface area contributed by atoms with Gasteiger partial charge in [0.05, 0.1) is 12.3 Å². The van der Waals surface area contributed by atoms with Crippen LogP contribution in [0.15, 0.2) is 91.0 Å². The first kappa shape index (κ1) is 41.4. The molecule has 3 amide bonds. The summed E-state index contributed by atoms with van der Waals surface area (Å²) in [5.41, 5.74) is 2.42. The number of amides is 3. The lowest BCUT2D eigenvalue weighted by Gasteiger charge is -2.26. The topological polar surface area (TPSA) is 214 Å². The minimum atomic E-state index is -1.62. The van der Waals surface area contributed by atoms with Gasteiger partial charge in [0.25, 0.3) is 0 Å². The number of carbonyl (C=O) groups excluding carboxylic acids is 5. The van der Waals surface area contributed by atoms with Crippen LogP contribution in [0.4, 0.5) is 4.79 Å². The average Bonchev–Trinajstić information content (AvgIpc) is 3.13. The summed E-state index contributed by atoms with van der Waals surface area (Å²) in [6.07, 6.45) is -2.03. The maximum absolute atomic E-state index is 13.5. The molecule has 3 aromatic carbocycles. The van der Waals surface area contributed by atoms with Gasteiger partial charge < -0.3 is 35.6 Å². The number of ether oxygens (including phenoxy) is 2. The lowest BCUT2D eigenvalue weighted by atomic mass is 9.92. The largest absolute Gasteiger partial charge is 0.481 e. The number of carboxylic acid groups (broad SMARTS) is 2. The summed E-state index contributed by atoms with van der Waals surface area (Å²) >= 11 is 0. The second-order valence-corrected chi connectivity index (χ2v) is 12.7. The number of alkyl carbamates (subject to hydrolysis) is 1. The van der Waals surface area contributed by atoms with Gasteiger partial charge in [-0.2, -0.15) is 0 Å². The molecule has 0 bridgehead atoms. The number of hydrogen-bond acceptors (Lipinski definition) is 9. The maximum Gasteiger partial charge on any atom is 0.408 e. The highest BCUT2D eigenvalue weighted by Crippen LogP contribution is 2.17. The highest BCUT2D eigenvalue weighted by Gasteiger charge is 2.33. The predicted octanol–water partition coefficient (Wildman–Crippen LogP) is 3.46. The molecule has 3 aromatic rings. The van der Waals surface area contributed by atoms with Crippen LogP contribution in [-0.2, 0) is 57.7 Å². The van der Waals surface area contributed by atoms with Crippen LogP contribution in [0, 0.1) is 11.8 Å². The normalized spacial score (nSPS) is 12.5. The van der Waals surface area contributed by atoms with Gasteiger partial charge in [0, 0.05) is 6.42 Å². The van der Waals surface area contributed by atoms with E-state index in [9.17, 15) is 43.8 Å². The number of esters is 1. The molecule has 3 unspecified atom stereocenters. The summed E-state index contributed by atoms with van der Waals surface area (Å²) in [6.45, 7) is 2.22. The quantitative estimate of drug-likeness (QED) is 0.100. The third-order valence-electron chi connectivity index (χ3n) is 8.14. The van der Waals surface area contributed by atoms with Gasteiger partial charge in [-0.3, -0.25) is 28.8 Å². The molecule has 0 aromatic heterocycles. The Labute approximate surface area is 307 Å². The average molecular weight is 732 g/mol. The number of carbonyl (C=O) groups is 7. The van der Waals surface area contributed by atoms with E-state index >= 15 is 0 Å². The van der Waals surface area contributed by atoms with Crippen molar-refractivity contribution in [2.24, 2.45) is 11.8 Å². The molecule has 14 heteroatoms. The SMILES string of the molecule is CC(C)C(NC(=O)C(CCC(=O)O)NC(=O)OCc1ccccc1)C(=O)NC(CC(=O)O)C(=O)COC(=O)C(Cc1ccccc1)Cc1ccccc1. The zero-order valence-electron chi connectivity index (χ0n) is 29.6. The van der Waals surface area contributed by atoms with Crippen molar-refractivity contribution in [2.75, 3.05) is 6.61 Å². The molecular weight excluding hydrogens is 686 g/mol. The van der Waals surface area contributed by atoms with Gasteiger partial charge in [-0.25, -0.2) is 4.79 Å². The number of Topliss-reactive ketones (excluding diaryl/α,β-unsaturated/α-hetero) is 1. The van der Waals surface area contributed by atoms with Crippen molar-refractivity contribution in [3.63, 3.8) is 0 Å². The molecule has 3 atom stereocenters. The summed E-state index contributed by atoms with van der Waals surface area (Å²) in [5, 5.41) is 25.9. The second-order valence-electron chi connectivity index (χ2n) is 12.7. The summed E-state index contributed by atoms with van der Waals surface area (Å²) in [7, 11) is 0. The van der Waals surface area contributed by atoms with Crippen LogP contribution in [0.3, 0.4) is 0 Å². The Balaban J connectivity index is 1.67. The summed E-state index contributed by atoms with van der Waals surface area (Å²) < 4.78 is 10.5. The van der Waals surface area contributed by atoms with Crippen molar-refractivity contribution in [1.29, 1.82) is 0 Å². The number of hydrogen-bond donors (Lipinski definition) is 5. The fraction of sp³-hybridized carbons (Fsp3) is 0.359. The number of nitrogens with one attached hydrogen (secondary N) is 3. The van der Waals surface area contributed by atoms with E-state index in [1.807, 2.05) is 60.7 Å². The van der Waals surface area contributed by atoms with Gasteiger partial charge in [-0.15, -0.1) is 0 Å². The standard InChI is InChI=1S/C39H45N3O11/c1-25(2)35(42-36(48)30(18-19-33(44)45)41-39(51)53-23-28-16-10-5-11-17-28)37(49)40-31(22-34(46)47)32(43)24-52-38(50)29(20-26-12-6-3-7-13-26)21-27-14-8-4-9-15-27/h3-17,25,29-31,35H,18-24H2,1-2H3,(H,40,49)(H,41,51)(H,42,48)(H,44,45)(H,46,47). The third kappa shape index (κ3) is 15.0. The van der Waals surface area contributed by atoms with Gasteiger partial charge >= 0.3 is 24.0 Å². The number of ketones is 1. The van der Waals surface area contributed by atoms with Crippen molar-refractivity contribution in [3.05, 3.63) is 108 Å². The highest BCUT2D eigenvalue weighted by atomic mass is 16.5. The zero-order chi connectivity index (χ0) is 38.8. The third-order valence-corrected chi connectivity index (χ3v) is 8.14. The van der Waals surface area contributed by atoms with E-state index in [-0.39, 0.29) is 13.0 Å². The van der Waals surface area contributed by atoms with Crippen LogP contribution in [0.5, 0.6) is 0 Å². The fourth-order valence-electron chi connectivity index (χ4n) is 5.31. The summed E-state index contributed by atoms with van der Waals surface area (Å²) in [4.78, 5) is 88.8. The van der Waals surface area contributed by atoms with E-state index in [0.29, 0.717) is 18.4 Å². The lowest BCUT2D eigenvalue weighted by molar-refractivity contribution is -0.153. The van der Waals surface area contributed by atoms with E-state index in [0.717, 1.165) is 11.1 Å². The molecule has 0 saturated carbocycles. The Bertz CT molecular complexity index is 1640. The van der Waals surface area contributed by atoms with Crippen LogP contribution >= 0.6 is 0 Å². The number of carboxylic acids is 2. The van der Waals surface area contributed by atoms with E-state index in [4.69, 9.17) is 9.47 Å². The molecule has 282 valence electrons. The van der Waals surface area contributed by atoms with Crippen LogP contribution in [0.2, 0.25) is 0 Å². The molecule has 0 fully saturated rings. The Morgan fingerprint density at radius 3 is 1.64 bits per heavy atom. The molecule has 0 aliphatic heterocycles. The van der Waals surface area contributed by atoms with Crippen LogP contribution in [0.1, 0.15) is 49.8 Å². The Morgan fingerprint density at radius 1 is 0.623 bits per heavy atom. The summed E-state index contributed by atoms with van der Waals surface area (Å²) in [6, 6.07) is 22.8. The van der Waals surface area contributed by atoms with Crippen molar-refractivity contribution in [2.45, 2.75) is 70.7 Å². The fourth-order valence-corrected chi connectivity index (χ4v) is 5.31. The number of benzene rings is 3. The first-order valence-electron chi connectivity index (χ1n) is 17.1. The molecule has 0 aliphatic carbocycles. The van der Waals surface area contributed by atoms with E-state index in [1.54, 1.807) is 44.2 Å². The monoisotopic (exact) mass is 731 g/mol. The van der Waals surface area contributed by atoms with Gasteiger partial charge in [0.2, 0.25) is 11.8 Å². The second kappa shape index (κ2) is 21.3. The highest BCUT2D eigenvalue weighted by molar-refractivity contribution is 5.96. The van der Waals surface area contributed by atoms with Crippen molar-refractivity contribution < 1.29 is 53.2 Å². The first-order valence-corrected chi connectivity index (χ1v) is 17.1. The number of rotatable bonds is 21. The van der Waals surface area contributed by atoms with Gasteiger partial charge in [0.15, 0.2) is 12.4 Å². The van der Waals surface area contributed by atoms with Crippen molar-refractivity contribution in [3.8, 4) is 0 Å². The van der Waals surface area contributed by atoms with E-state index in [2.05, 4.69) is 16.0 Å². The minimum absolute atomic E-state index is 0.119. The molecule has 3 rings (SSSR count). The molecule has 0 radical (unpaired) electrons. The summed E-state index contributed by atoms with van der Waals surface area (Å²) in [5.74, 6) is -7.33. The van der Waals surface area contributed by atoms with E-state index < -0.39 is 91.0 Å². The lowest BCUT2D eigenvalue weighted by Crippen LogP contribution is -2.58. The van der Waals surface area contributed by atoms with Crippen LogP contribution < -0.4 is 16.0 Å². The van der Waals surface area contributed by atoms with Crippen LogP contribution in [0.25, 0.3) is 0 Å². The molecule has 53 heavy (non-hydrogen) atoms. The smallest absolute Gasteiger partial charge is 0.408 e. The Kier molecular flexibility index (Phi) is 16.7. The van der Waals surface area contributed by atoms with Crippen molar-refractivity contribution >= 4 is 41.6 Å². The molecule has 14 nitrogen and oxygen atoms in total.